The van der Waals surface area contributed by atoms with Crippen LogP contribution in [0.4, 0.5) is 0 Å². The molecule has 72 valence electrons. The quantitative estimate of drug-likeness (QED) is 0.625. The van der Waals surface area contributed by atoms with Crippen LogP contribution < -0.4 is 11.1 Å². The fourth-order valence-corrected chi connectivity index (χ4v) is 0.978. The fourth-order valence-electron chi connectivity index (χ4n) is 0.978. The van der Waals surface area contributed by atoms with Gasteiger partial charge in [-0.25, -0.2) is 0 Å². The van der Waals surface area contributed by atoms with Gasteiger partial charge in [-0.2, -0.15) is 0 Å². The van der Waals surface area contributed by atoms with Crippen LogP contribution in [0.5, 0.6) is 0 Å². The zero-order valence-electron chi connectivity index (χ0n) is 8.26. The molecule has 0 saturated carbocycles. The Balaban J connectivity index is 3.43. The second-order valence-electron chi connectivity index (χ2n) is 3.34. The maximum atomic E-state index is 10.4. The van der Waals surface area contributed by atoms with Gasteiger partial charge in [-0.05, 0) is 12.8 Å². The Morgan fingerprint density at radius 3 is 2.50 bits per heavy atom. The minimum atomic E-state index is -0.237. The van der Waals surface area contributed by atoms with E-state index in [0.29, 0.717) is 24.9 Å². The Morgan fingerprint density at radius 2 is 2.08 bits per heavy atom. The van der Waals surface area contributed by atoms with Gasteiger partial charge in [-0.1, -0.05) is 20.3 Å². The first-order valence-electron chi connectivity index (χ1n) is 4.59. The van der Waals surface area contributed by atoms with Crippen LogP contribution in [0.25, 0.3) is 0 Å². The van der Waals surface area contributed by atoms with Crippen molar-refractivity contribution in [2.24, 2.45) is 11.7 Å². The molecular formula is C9H20N2O. The van der Waals surface area contributed by atoms with Gasteiger partial charge in [-0.3, -0.25) is 4.79 Å². The molecule has 0 heterocycles. The molecule has 0 saturated heterocycles. The standard InChI is InChI=1S/C9H20N2O/c1-4-7(2)8(3)11-6-5-9(10)12/h7-8,11H,4-6H2,1-3H3,(H2,10,12). The third-order valence-corrected chi connectivity index (χ3v) is 2.34. The van der Waals surface area contributed by atoms with Crippen LogP contribution in [0.3, 0.4) is 0 Å². The van der Waals surface area contributed by atoms with E-state index >= 15 is 0 Å². The van der Waals surface area contributed by atoms with Crippen molar-refractivity contribution >= 4 is 5.91 Å². The molecule has 0 aromatic carbocycles. The highest BCUT2D eigenvalue weighted by Crippen LogP contribution is 2.05. The van der Waals surface area contributed by atoms with Crippen LogP contribution in [0.2, 0.25) is 0 Å². The van der Waals surface area contributed by atoms with E-state index in [9.17, 15) is 4.79 Å². The lowest BCUT2D eigenvalue weighted by Crippen LogP contribution is -2.34. The molecule has 0 radical (unpaired) electrons. The minimum absolute atomic E-state index is 0.237. The van der Waals surface area contributed by atoms with Gasteiger partial charge in [0.1, 0.15) is 0 Å². The SMILES string of the molecule is CCC(C)C(C)NCCC(N)=O. The summed E-state index contributed by atoms with van der Waals surface area (Å²) in [6.07, 6.45) is 1.59. The van der Waals surface area contributed by atoms with Crippen molar-refractivity contribution in [3.63, 3.8) is 0 Å². The van der Waals surface area contributed by atoms with E-state index in [4.69, 9.17) is 5.73 Å². The maximum absolute atomic E-state index is 10.4. The molecule has 0 aromatic rings. The van der Waals surface area contributed by atoms with Gasteiger partial charge < -0.3 is 11.1 Å². The third kappa shape index (κ3) is 5.13. The molecule has 0 aliphatic carbocycles. The predicted molar refractivity (Wildman–Crippen MR) is 50.7 cm³/mol. The predicted octanol–water partition coefficient (Wildman–Crippen LogP) is 0.886. The number of amides is 1. The first kappa shape index (κ1) is 11.4. The molecule has 3 heteroatoms. The summed E-state index contributed by atoms with van der Waals surface area (Å²) in [7, 11) is 0. The van der Waals surface area contributed by atoms with E-state index in [2.05, 4.69) is 26.1 Å². The summed E-state index contributed by atoms with van der Waals surface area (Å²) in [6.45, 7) is 7.19. The number of nitrogens with two attached hydrogens (primary N) is 1. The molecule has 0 spiro atoms. The normalized spacial score (nSPS) is 15.6. The summed E-state index contributed by atoms with van der Waals surface area (Å²) in [5.74, 6) is 0.414. The van der Waals surface area contributed by atoms with Crippen LogP contribution >= 0.6 is 0 Å². The number of carbonyl (C=O) groups excluding carboxylic acids is 1. The number of carbonyl (C=O) groups is 1. The Labute approximate surface area is 74.7 Å². The second kappa shape index (κ2) is 6.00. The summed E-state index contributed by atoms with van der Waals surface area (Å²) in [5.41, 5.74) is 5.01. The molecule has 3 N–H and O–H groups in total. The summed E-state index contributed by atoms with van der Waals surface area (Å²) >= 11 is 0. The lowest BCUT2D eigenvalue weighted by Gasteiger charge is -2.19. The van der Waals surface area contributed by atoms with Crippen LogP contribution in [-0.2, 0) is 4.79 Å². The molecule has 12 heavy (non-hydrogen) atoms. The number of rotatable bonds is 6. The molecule has 0 aliphatic rings. The van der Waals surface area contributed by atoms with Crippen LogP contribution in [0, 0.1) is 5.92 Å². The molecule has 0 aromatic heterocycles. The monoisotopic (exact) mass is 172 g/mol. The Hall–Kier alpha value is -0.570. The molecule has 1 amide bonds. The van der Waals surface area contributed by atoms with Gasteiger partial charge in [0, 0.05) is 19.0 Å². The van der Waals surface area contributed by atoms with Crippen molar-refractivity contribution in [1.82, 2.24) is 5.32 Å². The number of hydrogen-bond acceptors (Lipinski definition) is 2. The van der Waals surface area contributed by atoms with Crippen molar-refractivity contribution in [1.29, 1.82) is 0 Å². The van der Waals surface area contributed by atoms with Crippen LogP contribution in [0.1, 0.15) is 33.6 Å². The third-order valence-electron chi connectivity index (χ3n) is 2.34. The van der Waals surface area contributed by atoms with Gasteiger partial charge in [0.2, 0.25) is 5.91 Å². The summed E-state index contributed by atoms with van der Waals surface area (Å²) < 4.78 is 0. The fraction of sp³-hybridized carbons (Fsp3) is 0.889. The molecule has 0 fully saturated rings. The van der Waals surface area contributed by atoms with Crippen molar-refractivity contribution in [3.8, 4) is 0 Å². The van der Waals surface area contributed by atoms with Gasteiger partial charge in [-0.15, -0.1) is 0 Å². The smallest absolute Gasteiger partial charge is 0.218 e. The molecule has 0 bridgehead atoms. The summed E-state index contributed by atoms with van der Waals surface area (Å²) in [6, 6.07) is 0.467. The highest BCUT2D eigenvalue weighted by Gasteiger charge is 2.08. The van der Waals surface area contributed by atoms with Crippen molar-refractivity contribution in [2.75, 3.05) is 6.54 Å². The zero-order valence-corrected chi connectivity index (χ0v) is 8.26. The van der Waals surface area contributed by atoms with Gasteiger partial charge in [0.05, 0.1) is 0 Å². The Kier molecular flexibility index (Phi) is 5.72. The number of primary amides is 1. The molecule has 0 rings (SSSR count). The zero-order chi connectivity index (χ0) is 9.56. The molecule has 0 aliphatic heterocycles. The highest BCUT2D eigenvalue weighted by molar-refractivity contribution is 5.73. The van der Waals surface area contributed by atoms with E-state index in [0.717, 1.165) is 6.42 Å². The van der Waals surface area contributed by atoms with E-state index < -0.39 is 0 Å². The Bertz CT molecular complexity index is 136. The first-order chi connectivity index (χ1) is 5.57. The lowest BCUT2D eigenvalue weighted by atomic mass is 10.0. The molecule has 2 unspecified atom stereocenters. The first-order valence-corrected chi connectivity index (χ1v) is 4.59. The second-order valence-corrected chi connectivity index (χ2v) is 3.34. The largest absolute Gasteiger partial charge is 0.370 e. The minimum Gasteiger partial charge on any atom is -0.370 e. The van der Waals surface area contributed by atoms with Gasteiger partial charge in [0.25, 0.3) is 0 Å². The lowest BCUT2D eigenvalue weighted by molar-refractivity contribution is -0.117. The van der Waals surface area contributed by atoms with E-state index in [1.54, 1.807) is 0 Å². The maximum Gasteiger partial charge on any atom is 0.218 e. The van der Waals surface area contributed by atoms with Crippen molar-refractivity contribution in [3.05, 3.63) is 0 Å². The summed E-state index contributed by atoms with van der Waals surface area (Å²) in [5, 5.41) is 3.26. The number of hydrogen-bond donors (Lipinski definition) is 2. The van der Waals surface area contributed by atoms with Crippen LogP contribution in [0.15, 0.2) is 0 Å². The topological polar surface area (TPSA) is 55.1 Å². The molecular weight excluding hydrogens is 152 g/mol. The van der Waals surface area contributed by atoms with Gasteiger partial charge >= 0.3 is 0 Å². The van der Waals surface area contributed by atoms with Crippen molar-refractivity contribution in [2.45, 2.75) is 39.7 Å². The molecule has 3 nitrogen and oxygen atoms in total. The van der Waals surface area contributed by atoms with Gasteiger partial charge in [0.15, 0.2) is 0 Å². The molecule has 2 atom stereocenters. The van der Waals surface area contributed by atoms with E-state index in [1.807, 2.05) is 0 Å². The van der Waals surface area contributed by atoms with Crippen LogP contribution in [-0.4, -0.2) is 18.5 Å². The van der Waals surface area contributed by atoms with E-state index in [-0.39, 0.29) is 5.91 Å². The van der Waals surface area contributed by atoms with E-state index in [1.165, 1.54) is 0 Å². The average Bonchev–Trinajstić information content (AvgIpc) is 2.02. The summed E-state index contributed by atoms with van der Waals surface area (Å²) in [4.78, 5) is 10.4. The van der Waals surface area contributed by atoms with Crippen molar-refractivity contribution < 1.29 is 4.79 Å². The highest BCUT2D eigenvalue weighted by atomic mass is 16.1. The average molecular weight is 172 g/mol. The Morgan fingerprint density at radius 1 is 1.50 bits per heavy atom. The number of nitrogens with one attached hydrogen (secondary N) is 1.